The van der Waals surface area contributed by atoms with Crippen LogP contribution in [0, 0.1) is 0 Å². The number of aliphatic hydroxyl groups excluding tert-OH is 1. The minimum atomic E-state index is -1.11. The normalized spacial score (nSPS) is 10.4. The minimum absolute atomic E-state index is 0.0434. The SMILES string of the molecule is CC(C)N(CCO)C(=O)COCC(=O)O. The Bertz CT molecular complexity index is 217. The minimum Gasteiger partial charge on any atom is -0.480 e. The van der Waals surface area contributed by atoms with Gasteiger partial charge in [0.05, 0.1) is 6.61 Å². The molecular formula is C9H17NO5. The summed E-state index contributed by atoms with van der Waals surface area (Å²) in [6, 6.07) is -0.0434. The molecule has 6 heteroatoms. The number of carbonyl (C=O) groups is 2. The monoisotopic (exact) mass is 219 g/mol. The maximum atomic E-state index is 11.5. The summed E-state index contributed by atoms with van der Waals surface area (Å²) < 4.78 is 4.66. The summed E-state index contributed by atoms with van der Waals surface area (Å²) in [6.07, 6.45) is 0. The summed E-state index contributed by atoms with van der Waals surface area (Å²) in [7, 11) is 0. The Kier molecular flexibility index (Phi) is 6.64. The standard InChI is InChI=1S/C9H17NO5/c1-7(2)10(3-4-11)8(12)5-15-6-9(13)14/h7,11H,3-6H2,1-2H3,(H,13,14). The summed E-state index contributed by atoms with van der Waals surface area (Å²) in [5.74, 6) is -1.43. The number of carboxylic acid groups (broad SMARTS) is 1. The van der Waals surface area contributed by atoms with Gasteiger partial charge in [-0.25, -0.2) is 4.79 Å². The highest BCUT2D eigenvalue weighted by molar-refractivity contribution is 5.78. The molecule has 15 heavy (non-hydrogen) atoms. The van der Waals surface area contributed by atoms with Crippen molar-refractivity contribution in [3.63, 3.8) is 0 Å². The van der Waals surface area contributed by atoms with Gasteiger partial charge in [0, 0.05) is 12.6 Å². The Balaban J connectivity index is 3.97. The van der Waals surface area contributed by atoms with Gasteiger partial charge in [-0.1, -0.05) is 0 Å². The Labute approximate surface area is 88.4 Å². The zero-order chi connectivity index (χ0) is 11.8. The van der Waals surface area contributed by atoms with Crippen LogP contribution in [0.2, 0.25) is 0 Å². The van der Waals surface area contributed by atoms with E-state index in [1.165, 1.54) is 4.90 Å². The molecule has 0 heterocycles. The highest BCUT2D eigenvalue weighted by Crippen LogP contribution is 1.98. The predicted molar refractivity (Wildman–Crippen MR) is 52.4 cm³/mol. The van der Waals surface area contributed by atoms with E-state index in [1.54, 1.807) is 0 Å². The van der Waals surface area contributed by atoms with E-state index < -0.39 is 12.6 Å². The van der Waals surface area contributed by atoms with E-state index in [1.807, 2.05) is 13.8 Å². The van der Waals surface area contributed by atoms with Gasteiger partial charge in [0.25, 0.3) is 0 Å². The lowest BCUT2D eigenvalue weighted by atomic mass is 10.3. The molecule has 0 aromatic heterocycles. The van der Waals surface area contributed by atoms with Gasteiger partial charge in [0.15, 0.2) is 0 Å². The number of aliphatic carboxylic acids is 1. The molecule has 0 aliphatic rings. The van der Waals surface area contributed by atoms with E-state index in [0.717, 1.165) is 0 Å². The third-order valence-electron chi connectivity index (χ3n) is 1.74. The van der Waals surface area contributed by atoms with Gasteiger partial charge in [-0.3, -0.25) is 4.79 Å². The summed E-state index contributed by atoms with van der Waals surface area (Å²) in [5.41, 5.74) is 0. The van der Waals surface area contributed by atoms with Gasteiger partial charge in [-0.15, -0.1) is 0 Å². The van der Waals surface area contributed by atoms with Crippen molar-refractivity contribution in [2.24, 2.45) is 0 Å². The second kappa shape index (κ2) is 7.19. The average molecular weight is 219 g/mol. The van der Waals surface area contributed by atoms with Crippen molar-refractivity contribution in [2.75, 3.05) is 26.4 Å². The van der Waals surface area contributed by atoms with Crippen molar-refractivity contribution in [2.45, 2.75) is 19.9 Å². The van der Waals surface area contributed by atoms with Crippen LogP contribution in [0.5, 0.6) is 0 Å². The molecule has 0 unspecified atom stereocenters. The highest BCUT2D eigenvalue weighted by atomic mass is 16.5. The summed E-state index contributed by atoms with van der Waals surface area (Å²) in [6.45, 7) is 2.96. The maximum absolute atomic E-state index is 11.5. The van der Waals surface area contributed by atoms with Crippen molar-refractivity contribution in [1.29, 1.82) is 0 Å². The second-order valence-corrected chi connectivity index (χ2v) is 3.29. The van der Waals surface area contributed by atoms with Crippen molar-refractivity contribution in [3.05, 3.63) is 0 Å². The van der Waals surface area contributed by atoms with E-state index in [9.17, 15) is 9.59 Å². The van der Waals surface area contributed by atoms with Gasteiger partial charge in [-0.2, -0.15) is 0 Å². The van der Waals surface area contributed by atoms with Crippen LogP contribution in [0.4, 0.5) is 0 Å². The van der Waals surface area contributed by atoms with Gasteiger partial charge in [-0.05, 0) is 13.8 Å². The van der Waals surface area contributed by atoms with Crippen LogP contribution >= 0.6 is 0 Å². The fraction of sp³-hybridized carbons (Fsp3) is 0.778. The quantitative estimate of drug-likeness (QED) is 0.592. The number of hydrogen-bond acceptors (Lipinski definition) is 4. The first-order valence-electron chi connectivity index (χ1n) is 4.69. The third kappa shape index (κ3) is 6.03. The number of aliphatic hydroxyl groups is 1. The largest absolute Gasteiger partial charge is 0.480 e. The molecule has 0 saturated heterocycles. The van der Waals surface area contributed by atoms with Gasteiger partial charge in [0.1, 0.15) is 13.2 Å². The lowest BCUT2D eigenvalue weighted by molar-refractivity contribution is -0.146. The number of carboxylic acids is 1. The number of nitrogens with zero attached hydrogens (tertiary/aromatic N) is 1. The van der Waals surface area contributed by atoms with E-state index in [2.05, 4.69) is 4.74 Å². The van der Waals surface area contributed by atoms with Crippen molar-refractivity contribution >= 4 is 11.9 Å². The molecular weight excluding hydrogens is 202 g/mol. The van der Waals surface area contributed by atoms with E-state index >= 15 is 0 Å². The first-order valence-corrected chi connectivity index (χ1v) is 4.69. The van der Waals surface area contributed by atoms with Crippen molar-refractivity contribution in [1.82, 2.24) is 4.90 Å². The first-order chi connectivity index (χ1) is 6.99. The summed E-state index contributed by atoms with van der Waals surface area (Å²) in [4.78, 5) is 23.0. The Morgan fingerprint density at radius 2 is 1.93 bits per heavy atom. The van der Waals surface area contributed by atoms with E-state index in [-0.39, 0.29) is 31.7 Å². The van der Waals surface area contributed by atoms with Crippen molar-refractivity contribution < 1.29 is 24.5 Å². The first kappa shape index (κ1) is 13.9. The molecule has 0 atom stereocenters. The molecule has 2 N–H and O–H groups in total. The van der Waals surface area contributed by atoms with Crippen LogP contribution in [-0.2, 0) is 14.3 Å². The lowest BCUT2D eigenvalue weighted by Gasteiger charge is -2.25. The van der Waals surface area contributed by atoms with Gasteiger partial charge < -0.3 is 19.8 Å². The average Bonchev–Trinajstić information content (AvgIpc) is 2.12. The summed E-state index contributed by atoms with van der Waals surface area (Å²) >= 11 is 0. The molecule has 0 aliphatic heterocycles. The molecule has 0 spiro atoms. The second-order valence-electron chi connectivity index (χ2n) is 3.29. The van der Waals surface area contributed by atoms with Crippen LogP contribution < -0.4 is 0 Å². The predicted octanol–water partition coefficient (Wildman–Crippen LogP) is -0.683. The van der Waals surface area contributed by atoms with Gasteiger partial charge >= 0.3 is 5.97 Å². The smallest absolute Gasteiger partial charge is 0.329 e. The maximum Gasteiger partial charge on any atom is 0.329 e. The fourth-order valence-corrected chi connectivity index (χ4v) is 1.09. The lowest BCUT2D eigenvalue weighted by Crippen LogP contribution is -2.41. The zero-order valence-electron chi connectivity index (χ0n) is 8.97. The number of carbonyl (C=O) groups excluding carboxylic acids is 1. The molecule has 88 valence electrons. The molecule has 0 aliphatic carbocycles. The molecule has 0 rings (SSSR count). The molecule has 0 bridgehead atoms. The molecule has 0 fully saturated rings. The number of amides is 1. The van der Waals surface area contributed by atoms with Crippen LogP contribution in [0.3, 0.4) is 0 Å². The highest BCUT2D eigenvalue weighted by Gasteiger charge is 2.16. The molecule has 0 radical (unpaired) electrons. The van der Waals surface area contributed by atoms with Crippen LogP contribution in [0.1, 0.15) is 13.8 Å². The van der Waals surface area contributed by atoms with Crippen molar-refractivity contribution in [3.8, 4) is 0 Å². The zero-order valence-corrected chi connectivity index (χ0v) is 8.97. The van der Waals surface area contributed by atoms with Crippen LogP contribution in [0.25, 0.3) is 0 Å². The molecule has 0 aromatic rings. The number of hydrogen-bond donors (Lipinski definition) is 2. The molecule has 1 amide bonds. The van der Waals surface area contributed by atoms with E-state index in [4.69, 9.17) is 10.2 Å². The Hall–Kier alpha value is -1.14. The van der Waals surface area contributed by atoms with Crippen LogP contribution in [0.15, 0.2) is 0 Å². The Morgan fingerprint density at radius 3 is 2.33 bits per heavy atom. The summed E-state index contributed by atoms with van der Waals surface area (Å²) in [5, 5.41) is 17.0. The van der Waals surface area contributed by atoms with Crippen LogP contribution in [-0.4, -0.2) is 59.4 Å². The number of ether oxygens (including phenoxy) is 1. The third-order valence-corrected chi connectivity index (χ3v) is 1.74. The Morgan fingerprint density at radius 1 is 1.33 bits per heavy atom. The topological polar surface area (TPSA) is 87.1 Å². The van der Waals surface area contributed by atoms with Gasteiger partial charge in [0.2, 0.25) is 5.91 Å². The molecule has 6 nitrogen and oxygen atoms in total. The fourth-order valence-electron chi connectivity index (χ4n) is 1.09. The number of rotatable bonds is 7. The molecule has 0 saturated carbocycles. The van der Waals surface area contributed by atoms with E-state index in [0.29, 0.717) is 0 Å². The molecule has 0 aromatic carbocycles.